The first-order valence-corrected chi connectivity index (χ1v) is 9.00. The molecule has 1 aromatic carbocycles. The first-order chi connectivity index (χ1) is 13.1. The van der Waals surface area contributed by atoms with Crippen LogP contribution in [0.5, 0.6) is 0 Å². The van der Waals surface area contributed by atoms with E-state index >= 15 is 0 Å². The summed E-state index contributed by atoms with van der Waals surface area (Å²) in [6.45, 7) is 2.14. The lowest BCUT2D eigenvalue weighted by atomic mass is 9.91. The highest BCUT2D eigenvalue weighted by molar-refractivity contribution is 5.77. The molecular weight excluding hydrogens is 351 g/mol. The van der Waals surface area contributed by atoms with Crippen LogP contribution in [0.15, 0.2) is 30.5 Å². The molecule has 2 atom stereocenters. The molecule has 146 valence electrons. The van der Waals surface area contributed by atoms with Crippen LogP contribution in [-0.2, 0) is 16.1 Å². The largest absolute Gasteiger partial charge is 0.396 e. The second-order valence-corrected chi connectivity index (χ2v) is 6.85. The number of benzene rings is 1. The molecule has 0 unspecified atom stereocenters. The van der Waals surface area contributed by atoms with Gasteiger partial charge in [-0.15, -0.1) is 0 Å². The van der Waals surface area contributed by atoms with Crippen molar-refractivity contribution in [3.05, 3.63) is 41.8 Å². The number of aliphatic hydroxyl groups excluding tert-OH is 1. The topological polar surface area (TPSA) is 90.5 Å². The average Bonchev–Trinajstić information content (AvgIpc) is 3.11. The standard InChI is InChI=1S/C19H25FN4O3/c1-27-12-18(26)22-17-10-24(7-6-14(17)11-25)9-15-8-21-23-19(15)13-2-4-16(20)5-3-13/h2-5,8,14,17,25H,6-7,9-12H2,1H3,(H,21,23)(H,22,26)/t14-,17-/m1/s1. The molecule has 8 heteroatoms. The van der Waals surface area contributed by atoms with Crippen molar-refractivity contribution in [2.45, 2.75) is 19.0 Å². The summed E-state index contributed by atoms with van der Waals surface area (Å²) in [4.78, 5) is 14.1. The third kappa shape index (κ3) is 4.91. The fourth-order valence-electron chi connectivity index (χ4n) is 3.51. The number of ether oxygens (including phenoxy) is 1. The Labute approximate surface area is 157 Å². The lowest BCUT2D eigenvalue weighted by Crippen LogP contribution is -2.53. The zero-order valence-corrected chi connectivity index (χ0v) is 15.3. The van der Waals surface area contributed by atoms with Crippen LogP contribution < -0.4 is 5.32 Å². The van der Waals surface area contributed by atoms with Crippen molar-refractivity contribution >= 4 is 5.91 Å². The molecular formula is C19H25FN4O3. The molecule has 1 saturated heterocycles. The monoisotopic (exact) mass is 376 g/mol. The normalized spacial score (nSPS) is 20.6. The number of H-pyrrole nitrogens is 1. The van der Waals surface area contributed by atoms with E-state index in [1.165, 1.54) is 19.2 Å². The molecule has 7 nitrogen and oxygen atoms in total. The third-order valence-corrected chi connectivity index (χ3v) is 4.94. The number of aromatic amines is 1. The van der Waals surface area contributed by atoms with Gasteiger partial charge in [0.25, 0.3) is 0 Å². The van der Waals surface area contributed by atoms with Crippen LogP contribution in [0.1, 0.15) is 12.0 Å². The number of hydrogen-bond donors (Lipinski definition) is 3. The number of carbonyl (C=O) groups excluding carboxylic acids is 1. The summed E-state index contributed by atoms with van der Waals surface area (Å²) in [5.41, 5.74) is 2.74. The maximum absolute atomic E-state index is 13.2. The van der Waals surface area contributed by atoms with E-state index in [0.717, 1.165) is 29.8 Å². The number of amides is 1. The van der Waals surface area contributed by atoms with E-state index in [-0.39, 0.29) is 36.9 Å². The smallest absolute Gasteiger partial charge is 0.246 e. The van der Waals surface area contributed by atoms with Gasteiger partial charge in [0.1, 0.15) is 12.4 Å². The molecule has 0 bridgehead atoms. The van der Waals surface area contributed by atoms with Crippen molar-refractivity contribution in [3.63, 3.8) is 0 Å². The summed E-state index contributed by atoms with van der Waals surface area (Å²) in [5.74, 6) is -0.429. The van der Waals surface area contributed by atoms with Crippen LogP contribution in [0.3, 0.4) is 0 Å². The van der Waals surface area contributed by atoms with E-state index < -0.39 is 0 Å². The predicted octanol–water partition coefficient (Wildman–Crippen LogP) is 1.16. The first-order valence-electron chi connectivity index (χ1n) is 9.00. The molecule has 0 saturated carbocycles. The van der Waals surface area contributed by atoms with Crippen LogP contribution in [-0.4, -0.2) is 65.6 Å². The zero-order chi connectivity index (χ0) is 19.2. The van der Waals surface area contributed by atoms with Gasteiger partial charge >= 0.3 is 0 Å². The lowest BCUT2D eigenvalue weighted by Gasteiger charge is -2.38. The van der Waals surface area contributed by atoms with E-state index in [1.807, 2.05) is 0 Å². The molecule has 1 aliphatic rings. The van der Waals surface area contributed by atoms with E-state index in [4.69, 9.17) is 4.74 Å². The van der Waals surface area contributed by atoms with Gasteiger partial charge in [-0.1, -0.05) is 0 Å². The summed E-state index contributed by atoms with van der Waals surface area (Å²) in [6.07, 6.45) is 2.56. The van der Waals surface area contributed by atoms with Gasteiger partial charge in [0.2, 0.25) is 5.91 Å². The fraction of sp³-hybridized carbons (Fsp3) is 0.474. The van der Waals surface area contributed by atoms with E-state index in [1.54, 1.807) is 18.3 Å². The summed E-state index contributed by atoms with van der Waals surface area (Å²) in [6, 6.07) is 6.16. The minimum Gasteiger partial charge on any atom is -0.396 e. The van der Waals surface area contributed by atoms with Gasteiger partial charge in [-0.3, -0.25) is 14.8 Å². The van der Waals surface area contributed by atoms with E-state index in [2.05, 4.69) is 20.4 Å². The highest BCUT2D eigenvalue weighted by Crippen LogP contribution is 2.25. The van der Waals surface area contributed by atoms with Crippen molar-refractivity contribution in [1.29, 1.82) is 0 Å². The Bertz CT molecular complexity index is 750. The molecule has 2 heterocycles. The fourth-order valence-corrected chi connectivity index (χ4v) is 3.51. The number of carbonyl (C=O) groups is 1. The lowest BCUT2D eigenvalue weighted by molar-refractivity contribution is -0.126. The predicted molar refractivity (Wildman–Crippen MR) is 98.3 cm³/mol. The number of halogens is 1. The molecule has 0 radical (unpaired) electrons. The van der Waals surface area contributed by atoms with Gasteiger partial charge in [-0.25, -0.2) is 4.39 Å². The molecule has 3 rings (SSSR count). The number of aliphatic hydroxyl groups is 1. The van der Waals surface area contributed by atoms with Gasteiger partial charge in [-0.05, 0) is 37.2 Å². The van der Waals surface area contributed by atoms with Gasteiger partial charge in [0.15, 0.2) is 0 Å². The molecule has 1 fully saturated rings. The van der Waals surface area contributed by atoms with Crippen LogP contribution in [0.2, 0.25) is 0 Å². The number of aromatic nitrogens is 2. The SMILES string of the molecule is COCC(=O)N[C@@H]1CN(Cc2cn[nH]c2-c2ccc(F)cc2)CC[C@@H]1CO. The number of methoxy groups -OCH3 is 1. The number of hydrogen-bond acceptors (Lipinski definition) is 5. The Hall–Kier alpha value is -2.29. The Kier molecular flexibility index (Phi) is 6.54. The molecule has 27 heavy (non-hydrogen) atoms. The third-order valence-electron chi connectivity index (χ3n) is 4.94. The molecule has 2 aromatic rings. The minimum absolute atomic E-state index is 0.00505. The second kappa shape index (κ2) is 9.07. The summed E-state index contributed by atoms with van der Waals surface area (Å²) in [5, 5.41) is 19.7. The first kappa shape index (κ1) is 19.5. The van der Waals surface area contributed by atoms with Crippen LogP contribution in [0.4, 0.5) is 4.39 Å². The number of nitrogens with zero attached hydrogens (tertiary/aromatic N) is 2. The van der Waals surface area contributed by atoms with Crippen LogP contribution >= 0.6 is 0 Å². The molecule has 1 amide bonds. The Morgan fingerprint density at radius 2 is 2.22 bits per heavy atom. The van der Waals surface area contributed by atoms with E-state index in [0.29, 0.717) is 13.1 Å². The van der Waals surface area contributed by atoms with Crippen molar-refractivity contribution in [3.8, 4) is 11.3 Å². The number of piperidine rings is 1. The number of likely N-dealkylation sites (tertiary alicyclic amines) is 1. The minimum atomic E-state index is -0.277. The van der Waals surface area contributed by atoms with Crippen molar-refractivity contribution in [2.75, 3.05) is 33.4 Å². The summed E-state index contributed by atoms with van der Waals surface area (Å²) >= 11 is 0. The van der Waals surface area contributed by atoms with Crippen molar-refractivity contribution in [1.82, 2.24) is 20.4 Å². The number of nitrogens with one attached hydrogen (secondary N) is 2. The van der Waals surface area contributed by atoms with Crippen molar-refractivity contribution in [2.24, 2.45) is 5.92 Å². The van der Waals surface area contributed by atoms with Crippen LogP contribution in [0, 0.1) is 11.7 Å². The van der Waals surface area contributed by atoms with Gasteiger partial charge in [0.05, 0.1) is 11.9 Å². The molecule has 1 aromatic heterocycles. The highest BCUT2D eigenvalue weighted by atomic mass is 19.1. The Balaban J connectivity index is 1.68. The maximum Gasteiger partial charge on any atom is 0.246 e. The maximum atomic E-state index is 13.2. The second-order valence-electron chi connectivity index (χ2n) is 6.85. The quantitative estimate of drug-likeness (QED) is 0.675. The molecule has 0 aliphatic carbocycles. The van der Waals surface area contributed by atoms with Gasteiger partial charge < -0.3 is 15.2 Å². The van der Waals surface area contributed by atoms with Gasteiger partial charge in [-0.2, -0.15) is 5.10 Å². The van der Waals surface area contributed by atoms with E-state index in [9.17, 15) is 14.3 Å². The summed E-state index contributed by atoms with van der Waals surface area (Å²) < 4.78 is 18.0. The Morgan fingerprint density at radius 1 is 1.44 bits per heavy atom. The van der Waals surface area contributed by atoms with Crippen LogP contribution in [0.25, 0.3) is 11.3 Å². The highest BCUT2D eigenvalue weighted by Gasteiger charge is 2.30. The van der Waals surface area contributed by atoms with Gasteiger partial charge in [0, 0.05) is 49.9 Å². The number of rotatable bonds is 7. The van der Waals surface area contributed by atoms with Crippen molar-refractivity contribution < 1.29 is 19.0 Å². The molecule has 1 aliphatic heterocycles. The zero-order valence-electron chi connectivity index (χ0n) is 15.3. The molecule has 0 spiro atoms. The average molecular weight is 376 g/mol. The summed E-state index contributed by atoms with van der Waals surface area (Å²) in [7, 11) is 1.48. The molecule has 3 N–H and O–H groups in total. The Morgan fingerprint density at radius 3 is 2.93 bits per heavy atom.